The van der Waals surface area contributed by atoms with E-state index < -0.39 is 5.82 Å². The molecule has 3 heterocycles. The first-order valence-electron chi connectivity index (χ1n) is 11.3. The fourth-order valence-electron chi connectivity index (χ4n) is 4.90. The van der Waals surface area contributed by atoms with Gasteiger partial charge in [-0.15, -0.1) is 21.5 Å². The summed E-state index contributed by atoms with van der Waals surface area (Å²) in [6.07, 6.45) is 6.64. The SMILES string of the molecule is COc1nnc(-c2ccc(F)c(NC(=O)c3cc4c(s3)[C@H]3CCC4C3)c2)cc1Nc1ccncn1. The van der Waals surface area contributed by atoms with Crippen molar-refractivity contribution in [2.24, 2.45) is 0 Å². The highest BCUT2D eigenvalue weighted by atomic mass is 32.1. The maximum Gasteiger partial charge on any atom is 0.265 e. The number of carbonyl (C=O) groups excluding carboxylic acids is 1. The fourth-order valence-corrected chi connectivity index (χ4v) is 6.19. The standard InChI is InChI=1S/C25H21FN6O2S/c1-34-25-20(29-22-6-7-27-12-28-22)11-18(31-32-25)14-4-5-17(26)19(9-14)30-24(33)21-10-16-13-2-3-15(8-13)23(16)35-21/h4-7,9-13,15H,2-3,8H2,1H3,(H,30,33)(H,27,28,29,31)/t13?,15-/m0/s1. The Morgan fingerprint density at radius 1 is 1.11 bits per heavy atom. The Bertz CT molecular complexity index is 1400. The minimum Gasteiger partial charge on any atom is -0.478 e. The van der Waals surface area contributed by atoms with E-state index in [0.717, 1.165) is 0 Å². The van der Waals surface area contributed by atoms with Crippen molar-refractivity contribution in [3.05, 3.63) is 70.1 Å². The number of ether oxygens (including phenoxy) is 1. The van der Waals surface area contributed by atoms with Gasteiger partial charge in [-0.3, -0.25) is 4.79 Å². The van der Waals surface area contributed by atoms with Gasteiger partial charge in [0.25, 0.3) is 11.8 Å². The Labute approximate surface area is 204 Å². The molecule has 0 saturated heterocycles. The summed E-state index contributed by atoms with van der Waals surface area (Å²) >= 11 is 1.54. The highest BCUT2D eigenvalue weighted by molar-refractivity contribution is 7.14. The van der Waals surface area contributed by atoms with Crippen molar-refractivity contribution in [3.63, 3.8) is 0 Å². The number of amides is 1. The molecular formula is C25H21FN6O2S. The number of hydrogen-bond donors (Lipinski definition) is 2. The molecule has 1 aromatic carbocycles. The van der Waals surface area contributed by atoms with Crippen molar-refractivity contribution in [1.82, 2.24) is 20.2 Å². The Balaban J connectivity index is 1.27. The third-order valence-electron chi connectivity index (χ3n) is 6.57. The van der Waals surface area contributed by atoms with E-state index in [2.05, 4.69) is 30.8 Å². The summed E-state index contributed by atoms with van der Waals surface area (Å²) in [7, 11) is 1.49. The number of methoxy groups -OCH3 is 1. The Kier molecular flexibility index (Phi) is 5.37. The molecule has 3 aromatic heterocycles. The van der Waals surface area contributed by atoms with E-state index in [1.54, 1.807) is 30.5 Å². The predicted octanol–water partition coefficient (Wildman–Crippen LogP) is 5.50. The van der Waals surface area contributed by atoms with Gasteiger partial charge in [0.1, 0.15) is 23.6 Å². The van der Waals surface area contributed by atoms with E-state index in [-0.39, 0.29) is 17.5 Å². The van der Waals surface area contributed by atoms with Crippen LogP contribution in [0.4, 0.5) is 21.6 Å². The molecule has 1 amide bonds. The average Bonchev–Trinajstić information content (AvgIpc) is 3.60. The first-order chi connectivity index (χ1) is 17.1. The molecule has 6 rings (SSSR count). The number of carbonyl (C=O) groups is 1. The number of anilines is 3. The monoisotopic (exact) mass is 488 g/mol. The van der Waals surface area contributed by atoms with Crippen molar-refractivity contribution in [1.29, 1.82) is 0 Å². The molecule has 8 nitrogen and oxygen atoms in total. The van der Waals surface area contributed by atoms with Gasteiger partial charge in [-0.2, -0.15) is 0 Å². The van der Waals surface area contributed by atoms with Crippen LogP contribution in [-0.2, 0) is 0 Å². The second kappa shape index (κ2) is 8.70. The maximum atomic E-state index is 14.6. The average molecular weight is 489 g/mol. The van der Waals surface area contributed by atoms with Gasteiger partial charge in [0, 0.05) is 16.6 Å². The third kappa shape index (κ3) is 3.99. The smallest absolute Gasteiger partial charge is 0.265 e. The number of halogens is 1. The van der Waals surface area contributed by atoms with Gasteiger partial charge in [-0.05, 0) is 73.1 Å². The largest absolute Gasteiger partial charge is 0.478 e. The molecule has 4 aromatic rings. The summed E-state index contributed by atoms with van der Waals surface area (Å²) in [5.74, 6) is 1.18. The molecule has 0 aliphatic heterocycles. The zero-order chi connectivity index (χ0) is 23.9. The lowest BCUT2D eigenvalue weighted by atomic mass is 9.99. The summed E-state index contributed by atoms with van der Waals surface area (Å²) in [5.41, 5.74) is 3.00. The topological polar surface area (TPSA) is 102 Å². The molecule has 35 heavy (non-hydrogen) atoms. The lowest BCUT2D eigenvalue weighted by molar-refractivity contribution is 0.103. The van der Waals surface area contributed by atoms with Gasteiger partial charge >= 0.3 is 0 Å². The molecule has 2 bridgehead atoms. The van der Waals surface area contributed by atoms with Gasteiger partial charge < -0.3 is 15.4 Å². The lowest BCUT2D eigenvalue weighted by Crippen LogP contribution is -2.11. The van der Waals surface area contributed by atoms with E-state index in [4.69, 9.17) is 4.74 Å². The molecule has 10 heteroatoms. The van der Waals surface area contributed by atoms with E-state index in [0.29, 0.717) is 39.5 Å². The summed E-state index contributed by atoms with van der Waals surface area (Å²) in [5, 5.41) is 14.2. The van der Waals surface area contributed by atoms with Crippen LogP contribution in [-0.4, -0.2) is 33.2 Å². The van der Waals surface area contributed by atoms with Gasteiger partial charge in [-0.25, -0.2) is 14.4 Å². The van der Waals surface area contributed by atoms with E-state index >= 15 is 0 Å². The highest BCUT2D eigenvalue weighted by Crippen LogP contribution is 2.55. The molecule has 1 saturated carbocycles. The van der Waals surface area contributed by atoms with Crippen LogP contribution in [0.2, 0.25) is 0 Å². The number of nitrogens with zero attached hydrogens (tertiary/aromatic N) is 4. The van der Waals surface area contributed by atoms with Crippen LogP contribution in [0.5, 0.6) is 5.88 Å². The summed E-state index contributed by atoms with van der Waals surface area (Å²) in [6, 6.07) is 9.88. The zero-order valence-corrected chi connectivity index (χ0v) is 19.6. The van der Waals surface area contributed by atoms with Crippen LogP contribution in [0.1, 0.15) is 51.2 Å². The predicted molar refractivity (Wildman–Crippen MR) is 131 cm³/mol. The van der Waals surface area contributed by atoms with Crippen molar-refractivity contribution < 1.29 is 13.9 Å². The van der Waals surface area contributed by atoms with Crippen molar-refractivity contribution in [2.45, 2.75) is 31.1 Å². The molecule has 2 N–H and O–H groups in total. The number of benzene rings is 1. The zero-order valence-electron chi connectivity index (χ0n) is 18.8. The molecule has 1 unspecified atom stereocenters. The number of rotatable bonds is 6. The van der Waals surface area contributed by atoms with Crippen LogP contribution >= 0.6 is 11.3 Å². The summed E-state index contributed by atoms with van der Waals surface area (Å²) in [6.45, 7) is 0. The molecule has 0 spiro atoms. The Morgan fingerprint density at radius 3 is 2.80 bits per heavy atom. The van der Waals surface area contributed by atoms with Gasteiger partial charge in [0.05, 0.1) is 23.4 Å². The van der Waals surface area contributed by atoms with E-state index in [1.165, 1.54) is 60.5 Å². The van der Waals surface area contributed by atoms with Gasteiger partial charge in [0.15, 0.2) is 0 Å². The molecule has 2 aliphatic rings. The third-order valence-corrected chi connectivity index (χ3v) is 7.88. The number of thiophene rings is 1. The minimum atomic E-state index is -0.521. The Morgan fingerprint density at radius 2 is 2.00 bits per heavy atom. The van der Waals surface area contributed by atoms with Crippen LogP contribution in [0, 0.1) is 5.82 Å². The number of fused-ring (bicyclic) bond motifs is 5. The second-order valence-corrected chi connectivity index (χ2v) is 9.74. The first-order valence-corrected chi connectivity index (χ1v) is 12.1. The van der Waals surface area contributed by atoms with Crippen molar-refractivity contribution in [2.75, 3.05) is 17.7 Å². The van der Waals surface area contributed by atoms with Crippen LogP contribution < -0.4 is 15.4 Å². The van der Waals surface area contributed by atoms with Crippen molar-refractivity contribution >= 4 is 34.4 Å². The molecule has 0 radical (unpaired) electrons. The molecular weight excluding hydrogens is 467 g/mol. The minimum absolute atomic E-state index is 0.0898. The van der Waals surface area contributed by atoms with Crippen LogP contribution in [0.15, 0.2) is 48.9 Å². The van der Waals surface area contributed by atoms with Crippen LogP contribution in [0.3, 0.4) is 0 Å². The van der Waals surface area contributed by atoms with Crippen molar-refractivity contribution in [3.8, 4) is 17.1 Å². The molecule has 2 atom stereocenters. The summed E-state index contributed by atoms with van der Waals surface area (Å²) in [4.78, 5) is 23.0. The summed E-state index contributed by atoms with van der Waals surface area (Å²) < 4.78 is 20.0. The Hall–Kier alpha value is -3.92. The van der Waals surface area contributed by atoms with E-state index in [1.807, 2.05) is 6.07 Å². The molecule has 176 valence electrons. The van der Waals surface area contributed by atoms with Crippen LogP contribution in [0.25, 0.3) is 11.3 Å². The molecule has 1 fully saturated rings. The lowest BCUT2D eigenvalue weighted by Gasteiger charge is -2.12. The number of nitrogens with one attached hydrogen (secondary N) is 2. The molecule has 2 aliphatic carbocycles. The fraction of sp³-hybridized carbons (Fsp3) is 0.240. The first kappa shape index (κ1) is 21.6. The van der Waals surface area contributed by atoms with Gasteiger partial charge in [0.2, 0.25) is 0 Å². The number of aromatic nitrogens is 4. The normalized spacial score (nSPS) is 17.8. The van der Waals surface area contributed by atoms with E-state index in [9.17, 15) is 9.18 Å². The maximum absolute atomic E-state index is 14.6. The van der Waals surface area contributed by atoms with Gasteiger partial charge in [-0.1, -0.05) is 0 Å². The quantitative estimate of drug-likeness (QED) is 0.369. The number of hydrogen-bond acceptors (Lipinski definition) is 8. The second-order valence-electron chi connectivity index (χ2n) is 8.66. The highest BCUT2D eigenvalue weighted by Gasteiger charge is 2.39.